The number of unbranched alkanes of at least 4 members (excludes halogenated alkanes) is 5. The van der Waals surface area contributed by atoms with Crippen LogP contribution in [0.2, 0.25) is 0 Å². The van der Waals surface area contributed by atoms with Gasteiger partial charge in [0.25, 0.3) is 15.9 Å². The van der Waals surface area contributed by atoms with E-state index in [-0.39, 0.29) is 16.6 Å². The standard InChI is InChI=1S/C28H33FN2O5S2/c1-4-6-7-8-9-10-18-36-24-16-11-21(19-25(24)35-3)20-26-27(32)31(17-5-2)28(37-26)30-38(33,34)23-14-12-22(29)13-15-23/h5,11-16,19-20H,2,4,6-10,17-18H2,1,3H3. The van der Waals surface area contributed by atoms with Crippen molar-refractivity contribution >= 4 is 38.9 Å². The molecule has 3 rings (SSSR count). The Kier molecular flexibility index (Phi) is 11.0. The van der Waals surface area contributed by atoms with E-state index < -0.39 is 21.7 Å². The van der Waals surface area contributed by atoms with Crippen LogP contribution in [0, 0.1) is 5.82 Å². The molecule has 2 aromatic rings. The fourth-order valence-corrected chi connectivity index (χ4v) is 5.93. The van der Waals surface area contributed by atoms with E-state index >= 15 is 0 Å². The molecule has 0 aromatic heterocycles. The van der Waals surface area contributed by atoms with Gasteiger partial charge < -0.3 is 9.47 Å². The quantitative estimate of drug-likeness (QED) is 0.151. The van der Waals surface area contributed by atoms with Gasteiger partial charge in [-0.1, -0.05) is 51.2 Å². The minimum absolute atomic E-state index is 0.00340. The molecular formula is C28H33FN2O5S2. The van der Waals surface area contributed by atoms with E-state index in [9.17, 15) is 17.6 Å². The number of carbonyl (C=O) groups is 1. The average Bonchev–Trinajstić information content (AvgIpc) is 3.17. The number of nitrogens with zero attached hydrogens (tertiary/aromatic N) is 2. The summed E-state index contributed by atoms with van der Waals surface area (Å²) in [5.41, 5.74) is 0.686. The number of halogens is 1. The van der Waals surface area contributed by atoms with Gasteiger partial charge in [-0.05, 0) is 66.2 Å². The van der Waals surface area contributed by atoms with Crippen molar-refractivity contribution in [2.45, 2.75) is 50.3 Å². The van der Waals surface area contributed by atoms with Crippen LogP contribution in [0.3, 0.4) is 0 Å². The summed E-state index contributed by atoms with van der Waals surface area (Å²) in [6, 6.07) is 9.71. The summed E-state index contributed by atoms with van der Waals surface area (Å²) in [4.78, 5) is 14.4. The zero-order chi connectivity index (χ0) is 27.5. The number of hydrogen-bond donors (Lipinski definition) is 0. The lowest BCUT2D eigenvalue weighted by atomic mass is 10.1. The number of sulfonamides is 1. The number of rotatable bonds is 14. The number of thioether (sulfide) groups is 1. The summed E-state index contributed by atoms with van der Waals surface area (Å²) >= 11 is 0.943. The van der Waals surface area contributed by atoms with Gasteiger partial charge in [-0.25, -0.2) is 4.39 Å². The van der Waals surface area contributed by atoms with E-state index in [1.54, 1.807) is 25.3 Å². The maximum absolute atomic E-state index is 13.2. The second-order valence-electron chi connectivity index (χ2n) is 8.64. The minimum atomic E-state index is -4.16. The smallest absolute Gasteiger partial charge is 0.284 e. The number of carbonyl (C=O) groups excluding carboxylic acids is 1. The summed E-state index contributed by atoms with van der Waals surface area (Å²) in [5, 5.41) is -0.00340. The van der Waals surface area contributed by atoms with Crippen molar-refractivity contribution in [1.82, 2.24) is 4.90 Å². The van der Waals surface area contributed by atoms with Gasteiger partial charge in [0.2, 0.25) is 0 Å². The predicted octanol–water partition coefficient (Wildman–Crippen LogP) is 6.42. The number of amidine groups is 1. The van der Waals surface area contributed by atoms with Crippen molar-refractivity contribution in [1.29, 1.82) is 0 Å². The first kappa shape index (κ1) is 29.4. The largest absolute Gasteiger partial charge is 0.493 e. The highest BCUT2D eigenvalue weighted by molar-refractivity contribution is 8.19. The van der Waals surface area contributed by atoms with E-state index in [0.29, 0.717) is 28.6 Å². The monoisotopic (exact) mass is 560 g/mol. The molecule has 10 heteroatoms. The predicted molar refractivity (Wildman–Crippen MR) is 150 cm³/mol. The molecule has 0 unspecified atom stereocenters. The van der Waals surface area contributed by atoms with Crippen LogP contribution in [-0.4, -0.2) is 44.7 Å². The molecule has 204 valence electrons. The number of benzene rings is 2. The first-order chi connectivity index (χ1) is 18.3. The van der Waals surface area contributed by atoms with Gasteiger partial charge in [0.15, 0.2) is 16.7 Å². The molecule has 1 saturated heterocycles. The Hall–Kier alpha value is -3.11. The number of hydrogen-bond acceptors (Lipinski definition) is 6. The first-order valence-corrected chi connectivity index (χ1v) is 14.8. The molecule has 1 heterocycles. The van der Waals surface area contributed by atoms with Crippen molar-refractivity contribution < 1.29 is 27.1 Å². The molecule has 1 fully saturated rings. The third kappa shape index (κ3) is 7.94. The molecular weight excluding hydrogens is 527 g/mol. The van der Waals surface area contributed by atoms with E-state index in [2.05, 4.69) is 17.9 Å². The van der Waals surface area contributed by atoms with Crippen LogP contribution in [0.4, 0.5) is 4.39 Å². The Bertz CT molecular complexity index is 1290. The van der Waals surface area contributed by atoms with Crippen LogP contribution in [0.1, 0.15) is 51.0 Å². The second-order valence-corrected chi connectivity index (χ2v) is 11.3. The van der Waals surface area contributed by atoms with E-state index in [0.717, 1.165) is 48.9 Å². The number of ether oxygens (including phenoxy) is 2. The Balaban J connectivity index is 1.76. The average molecular weight is 561 g/mol. The van der Waals surface area contributed by atoms with Crippen molar-refractivity contribution in [2.75, 3.05) is 20.3 Å². The molecule has 38 heavy (non-hydrogen) atoms. The van der Waals surface area contributed by atoms with Crippen LogP contribution < -0.4 is 9.47 Å². The molecule has 0 N–H and O–H groups in total. The van der Waals surface area contributed by atoms with Gasteiger partial charge in [-0.15, -0.1) is 11.0 Å². The Morgan fingerprint density at radius 2 is 1.76 bits per heavy atom. The molecule has 2 aromatic carbocycles. The third-order valence-corrected chi connectivity index (χ3v) is 8.15. The summed E-state index contributed by atoms with van der Waals surface area (Å²) < 4.78 is 54.1. The van der Waals surface area contributed by atoms with Crippen molar-refractivity contribution in [2.24, 2.45) is 4.40 Å². The van der Waals surface area contributed by atoms with Crippen LogP contribution in [0.25, 0.3) is 6.08 Å². The van der Waals surface area contributed by atoms with Gasteiger partial charge in [-0.3, -0.25) is 9.69 Å². The van der Waals surface area contributed by atoms with Crippen LogP contribution in [-0.2, 0) is 14.8 Å². The van der Waals surface area contributed by atoms with Crippen LogP contribution >= 0.6 is 11.8 Å². The molecule has 1 amide bonds. The molecule has 7 nitrogen and oxygen atoms in total. The summed E-state index contributed by atoms with van der Waals surface area (Å²) in [5.74, 6) is 0.200. The van der Waals surface area contributed by atoms with Gasteiger partial charge in [0.1, 0.15) is 5.82 Å². The van der Waals surface area contributed by atoms with Crippen molar-refractivity contribution in [3.8, 4) is 11.5 Å². The van der Waals surface area contributed by atoms with Crippen LogP contribution in [0.15, 0.2) is 69.3 Å². The molecule has 1 aliphatic rings. The fraction of sp³-hybridized carbons (Fsp3) is 0.357. The lowest BCUT2D eigenvalue weighted by molar-refractivity contribution is -0.121. The molecule has 0 radical (unpaired) electrons. The third-order valence-electron chi connectivity index (χ3n) is 5.75. The maximum atomic E-state index is 13.2. The summed E-state index contributed by atoms with van der Waals surface area (Å²) in [6.45, 7) is 6.52. The van der Waals surface area contributed by atoms with Crippen molar-refractivity contribution in [3.05, 3.63) is 71.4 Å². The highest BCUT2D eigenvalue weighted by atomic mass is 32.2. The molecule has 0 aliphatic carbocycles. The minimum Gasteiger partial charge on any atom is -0.493 e. The van der Waals surface area contributed by atoms with Crippen LogP contribution in [0.5, 0.6) is 11.5 Å². The zero-order valence-corrected chi connectivity index (χ0v) is 23.3. The van der Waals surface area contributed by atoms with E-state index in [1.165, 1.54) is 36.7 Å². The van der Waals surface area contributed by atoms with Gasteiger partial charge in [0.05, 0.1) is 23.5 Å². The highest BCUT2D eigenvalue weighted by Gasteiger charge is 2.34. The Labute approximate surface area is 228 Å². The molecule has 0 saturated carbocycles. The number of methoxy groups -OCH3 is 1. The topological polar surface area (TPSA) is 85.3 Å². The zero-order valence-electron chi connectivity index (χ0n) is 21.7. The lowest BCUT2D eigenvalue weighted by Gasteiger charge is -2.12. The summed E-state index contributed by atoms with van der Waals surface area (Å²) in [7, 11) is -2.61. The first-order valence-electron chi connectivity index (χ1n) is 12.5. The normalized spacial score (nSPS) is 15.9. The lowest BCUT2D eigenvalue weighted by Crippen LogP contribution is -2.29. The molecule has 1 aliphatic heterocycles. The van der Waals surface area contributed by atoms with Gasteiger partial charge in [-0.2, -0.15) is 8.42 Å². The Morgan fingerprint density at radius 3 is 2.45 bits per heavy atom. The van der Waals surface area contributed by atoms with E-state index in [4.69, 9.17) is 9.47 Å². The SMILES string of the molecule is C=CCN1C(=O)C(=Cc2ccc(OCCCCCCCC)c(OC)c2)SC1=NS(=O)(=O)c1ccc(F)cc1. The van der Waals surface area contributed by atoms with Gasteiger partial charge in [0, 0.05) is 6.54 Å². The highest BCUT2D eigenvalue weighted by Crippen LogP contribution is 2.35. The fourth-order valence-electron chi connectivity index (χ4n) is 3.74. The van der Waals surface area contributed by atoms with Crippen molar-refractivity contribution in [3.63, 3.8) is 0 Å². The second kappa shape index (κ2) is 14.2. The van der Waals surface area contributed by atoms with E-state index in [1.807, 2.05) is 6.07 Å². The summed E-state index contributed by atoms with van der Waals surface area (Å²) in [6.07, 6.45) is 10.1. The Morgan fingerprint density at radius 1 is 1.05 bits per heavy atom. The molecule has 0 atom stereocenters. The van der Waals surface area contributed by atoms with Gasteiger partial charge >= 0.3 is 0 Å². The maximum Gasteiger partial charge on any atom is 0.284 e. The molecule has 0 spiro atoms. The number of amides is 1. The molecule has 0 bridgehead atoms.